The molecule has 2 rings (SSSR count). The first kappa shape index (κ1) is 16.7. The van der Waals surface area contributed by atoms with Crippen LogP contribution in [0.5, 0.6) is 5.75 Å². The van der Waals surface area contributed by atoms with Crippen molar-refractivity contribution in [1.82, 2.24) is 5.32 Å². The summed E-state index contributed by atoms with van der Waals surface area (Å²) < 4.78 is 5.65. The molecule has 21 heavy (non-hydrogen) atoms. The lowest BCUT2D eigenvalue weighted by Crippen LogP contribution is -2.36. The van der Waals surface area contributed by atoms with Crippen LogP contribution in [0.1, 0.15) is 58.1 Å². The standard InChI is InChI=1S/C18H29NOS/c1-4-13-20-16-11-9-15(10-12-16)14(3)19-17-7-6-8-18(17)21-5-2/h9-12,14,17-19H,4-8,13H2,1-3H3. The molecule has 0 saturated heterocycles. The molecule has 1 aliphatic carbocycles. The number of rotatable bonds is 8. The summed E-state index contributed by atoms with van der Waals surface area (Å²) in [4.78, 5) is 0. The number of nitrogens with one attached hydrogen (secondary N) is 1. The summed E-state index contributed by atoms with van der Waals surface area (Å²) in [5.41, 5.74) is 1.35. The van der Waals surface area contributed by atoms with Gasteiger partial charge in [-0.3, -0.25) is 0 Å². The van der Waals surface area contributed by atoms with Crippen LogP contribution in [0.25, 0.3) is 0 Å². The zero-order valence-corrected chi connectivity index (χ0v) is 14.4. The van der Waals surface area contributed by atoms with E-state index in [9.17, 15) is 0 Å². The van der Waals surface area contributed by atoms with Crippen LogP contribution >= 0.6 is 11.8 Å². The molecule has 0 spiro atoms. The van der Waals surface area contributed by atoms with Crippen LogP contribution in [0.2, 0.25) is 0 Å². The first-order valence-corrected chi connectivity index (χ1v) is 9.39. The van der Waals surface area contributed by atoms with Crippen LogP contribution < -0.4 is 10.1 Å². The SMILES string of the molecule is CCCOc1ccc(C(C)NC2CCCC2SCC)cc1. The molecule has 3 unspecified atom stereocenters. The number of ether oxygens (including phenoxy) is 1. The van der Waals surface area contributed by atoms with Crippen molar-refractivity contribution < 1.29 is 4.74 Å². The number of hydrogen-bond donors (Lipinski definition) is 1. The molecule has 1 aromatic carbocycles. The van der Waals surface area contributed by atoms with E-state index in [1.807, 2.05) is 0 Å². The van der Waals surface area contributed by atoms with E-state index in [0.29, 0.717) is 12.1 Å². The second kappa shape index (κ2) is 8.70. The minimum atomic E-state index is 0.410. The molecule has 0 heterocycles. The summed E-state index contributed by atoms with van der Waals surface area (Å²) in [5, 5.41) is 4.63. The molecule has 0 amide bonds. The monoisotopic (exact) mass is 307 g/mol. The van der Waals surface area contributed by atoms with Gasteiger partial charge in [0.05, 0.1) is 6.61 Å². The molecule has 1 aliphatic rings. The molecule has 1 N–H and O–H groups in total. The Labute approximate surface area is 134 Å². The third-order valence-electron chi connectivity index (χ3n) is 4.15. The zero-order valence-electron chi connectivity index (χ0n) is 13.6. The maximum absolute atomic E-state index is 5.65. The van der Waals surface area contributed by atoms with Gasteiger partial charge in [0, 0.05) is 17.3 Å². The van der Waals surface area contributed by atoms with E-state index in [1.54, 1.807) is 0 Å². The van der Waals surface area contributed by atoms with Gasteiger partial charge in [-0.1, -0.05) is 32.4 Å². The maximum Gasteiger partial charge on any atom is 0.119 e. The first-order chi connectivity index (χ1) is 10.2. The Kier molecular flexibility index (Phi) is 6.91. The Bertz CT molecular complexity index is 406. The van der Waals surface area contributed by atoms with Gasteiger partial charge in [0.15, 0.2) is 0 Å². The number of hydrogen-bond acceptors (Lipinski definition) is 3. The average Bonchev–Trinajstić information content (AvgIpc) is 2.93. The van der Waals surface area contributed by atoms with Crippen molar-refractivity contribution in [3.63, 3.8) is 0 Å². The highest BCUT2D eigenvalue weighted by Crippen LogP contribution is 2.31. The number of benzene rings is 1. The van der Waals surface area contributed by atoms with Gasteiger partial charge in [0.2, 0.25) is 0 Å². The van der Waals surface area contributed by atoms with Crippen LogP contribution in [-0.2, 0) is 0 Å². The van der Waals surface area contributed by atoms with Crippen LogP contribution in [0.4, 0.5) is 0 Å². The lowest BCUT2D eigenvalue weighted by molar-refractivity contribution is 0.317. The molecule has 0 aromatic heterocycles. The third-order valence-corrected chi connectivity index (χ3v) is 5.48. The molecule has 0 bridgehead atoms. The summed E-state index contributed by atoms with van der Waals surface area (Å²) in [6.45, 7) is 7.46. The van der Waals surface area contributed by atoms with Gasteiger partial charge in [-0.25, -0.2) is 0 Å². The molecule has 3 atom stereocenters. The molecular formula is C18H29NOS. The van der Waals surface area contributed by atoms with E-state index in [2.05, 4.69) is 62.1 Å². The summed E-state index contributed by atoms with van der Waals surface area (Å²) in [7, 11) is 0. The van der Waals surface area contributed by atoms with Crippen molar-refractivity contribution in [2.45, 2.75) is 63.8 Å². The van der Waals surface area contributed by atoms with Gasteiger partial charge in [-0.15, -0.1) is 0 Å². The van der Waals surface area contributed by atoms with Gasteiger partial charge in [-0.2, -0.15) is 11.8 Å². The van der Waals surface area contributed by atoms with E-state index < -0.39 is 0 Å². The van der Waals surface area contributed by atoms with Gasteiger partial charge < -0.3 is 10.1 Å². The quantitative estimate of drug-likeness (QED) is 0.745. The molecule has 1 fully saturated rings. The Morgan fingerprint density at radius 1 is 1.24 bits per heavy atom. The van der Waals surface area contributed by atoms with Crippen molar-refractivity contribution >= 4 is 11.8 Å². The number of thioether (sulfide) groups is 1. The van der Waals surface area contributed by atoms with Crippen molar-refractivity contribution in [2.75, 3.05) is 12.4 Å². The second-order valence-electron chi connectivity index (χ2n) is 5.84. The predicted molar refractivity (Wildman–Crippen MR) is 93.3 cm³/mol. The molecule has 0 aliphatic heterocycles. The second-order valence-corrected chi connectivity index (χ2v) is 7.35. The summed E-state index contributed by atoms with van der Waals surface area (Å²) in [6, 6.07) is 9.65. The van der Waals surface area contributed by atoms with Crippen molar-refractivity contribution in [3.05, 3.63) is 29.8 Å². The van der Waals surface area contributed by atoms with E-state index in [4.69, 9.17) is 4.74 Å². The fraction of sp³-hybridized carbons (Fsp3) is 0.667. The minimum Gasteiger partial charge on any atom is -0.494 e. The van der Waals surface area contributed by atoms with Crippen molar-refractivity contribution in [3.8, 4) is 5.75 Å². The van der Waals surface area contributed by atoms with Crippen molar-refractivity contribution in [2.24, 2.45) is 0 Å². The largest absolute Gasteiger partial charge is 0.494 e. The van der Waals surface area contributed by atoms with E-state index in [0.717, 1.165) is 24.0 Å². The first-order valence-electron chi connectivity index (χ1n) is 8.35. The molecular weight excluding hydrogens is 278 g/mol. The van der Waals surface area contributed by atoms with Crippen molar-refractivity contribution in [1.29, 1.82) is 0 Å². The summed E-state index contributed by atoms with van der Waals surface area (Å²) >= 11 is 2.11. The van der Waals surface area contributed by atoms with Gasteiger partial charge in [-0.05, 0) is 49.6 Å². The summed E-state index contributed by atoms with van der Waals surface area (Å²) in [5.74, 6) is 2.20. The fourth-order valence-corrected chi connectivity index (χ4v) is 4.23. The van der Waals surface area contributed by atoms with Crippen LogP contribution in [-0.4, -0.2) is 23.7 Å². The van der Waals surface area contributed by atoms with Crippen LogP contribution in [0, 0.1) is 0 Å². The molecule has 2 nitrogen and oxygen atoms in total. The molecule has 3 heteroatoms. The topological polar surface area (TPSA) is 21.3 Å². The smallest absolute Gasteiger partial charge is 0.119 e. The van der Waals surface area contributed by atoms with Gasteiger partial charge in [0.1, 0.15) is 5.75 Å². The highest BCUT2D eigenvalue weighted by molar-refractivity contribution is 7.99. The Morgan fingerprint density at radius 2 is 2.00 bits per heavy atom. The normalized spacial score (nSPS) is 23.2. The van der Waals surface area contributed by atoms with Gasteiger partial charge in [0.25, 0.3) is 0 Å². The Hall–Kier alpha value is -0.670. The minimum absolute atomic E-state index is 0.410. The molecule has 1 aromatic rings. The highest BCUT2D eigenvalue weighted by Gasteiger charge is 2.28. The van der Waals surface area contributed by atoms with E-state index in [1.165, 1.54) is 30.6 Å². The lowest BCUT2D eigenvalue weighted by Gasteiger charge is -2.25. The highest BCUT2D eigenvalue weighted by atomic mass is 32.2. The average molecular weight is 308 g/mol. The summed E-state index contributed by atoms with van der Waals surface area (Å²) in [6.07, 6.45) is 5.11. The fourth-order valence-electron chi connectivity index (χ4n) is 3.02. The predicted octanol–water partition coefficient (Wildman–Crippen LogP) is 4.80. The Morgan fingerprint density at radius 3 is 2.67 bits per heavy atom. The lowest BCUT2D eigenvalue weighted by atomic mass is 10.1. The zero-order chi connectivity index (χ0) is 15.1. The van der Waals surface area contributed by atoms with E-state index >= 15 is 0 Å². The molecule has 0 radical (unpaired) electrons. The van der Waals surface area contributed by atoms with E-state index in [-0.39, 0.29) is 0 Å². The maximum atomic E-state index is 5.65. The van der Waals surface area contributed by atoms with Crippen LogP contribution in [0.3, 0.4) is 0 Å². The Balaban J connectivity index is 1.88. The molecule has 118 valence electrons. The van der Waals surface area contributed by atoms with Gasteiger partial charge >= 0.3 is 0 Å². The van der Waals surface area contributed by atoms with Crippen LogP contribution in [0.15, 0.2) is 24.3 Å². The third kappa shape index (κ3) is 4.93. The molecule has 1 saturated carbocycles.